The van der Waals surface area contributed by atoms with Gasteiger partial charge in [-0.2, -0.15) is 0 Å². The molecule has 2 aromatic rings. The fraction of sp³-hybridized carbons (Fsp3) is 0.500. The second-order valence-corrected chi connectivity index (χ2v) is 5.06. The molecule has 1 heterocycles. The van der Waals surface area contributed by atoms with Gasteiger partial charge in [0.05, 0.1) is 11.0 Å². The molecule has 1 aromatic heterocycles. The molecule has 1 saturated carbocycles. The first-order valence-corrected chi connectivity index (χ1v) is 6.34. The molecule has 3 heteroatoms. The summed E-state index contributed by atoms with van der Waals surface area (Å²) < 4.78 is 2.25. The summed E-state index contributed by atoms with van der Waals surface area (Å²) in [6, 6.07) is 6.98. The molecule has 0 aliphatic heterocycles. The SMILES string of the molecule is CNC(C)c1ccc2c(c1)nc(C1CC1)n2C. The van der Waals surface area contributed by atoms with Gasteiger partial charge in [-0.05, 0) is 44.5 Å². The number of fused-ring (bicyclic) bond motifs is 1. The summed E-state index contributed by atoms with van der Waals surface area (Å²) in [6.45, 7) is 2.17. The number of aromatic nitrogens is 2. The Kier molecular flexibility index (Phi) is 2.44. The van der Waals surface area contributed by atoms with E-state index in [1.54, 1.807) is 0 Å². The van der Waals surface area contributed by atoms with E-state index in [0.29, 0.717) is 12.0 Å². The highest BCUT2D eigenvalue weighted by Crippen LogP contribution is 2.40. The van der Waals surface area contributed by atoms with Crippen molar-refractivity contribution in [1.29, 1.82) is 0 Å². The lowest BCUT2D eigenvalue weighted by atomic mass is 10.1. The minimum absolute atomic E-state index is 0.380. The van der Waals surface area contributed by atoms with E-state index in [1.165, 1.54) is 29.7 Å². The minimum Gasteiger partial charge on any atom is -0.331 e. The highest BCUT2D eigenvalue weighted by Gasteiger charge is 2.28. The summed E-state index contributed by atoms with van der Waals surface area (Å²) in [4.78, 5) is 4.79. The van der Waals surface area contributed by atoms with Crippen LogP contribution in [0.3, 0.4) is 0 Å². The van der Waals surface area contributed by atoms with Gasteiger partial charge in [0, 0.05) is 19.0 Å². The first-order valence-electron chi connectivity index (χ1n) is 6.34. The maximum Gasteiger partial charge on any atom is 0.112 e. The quantitative estimate of drug-likeness (QED) is 0.877. The molecule has 1 aliphatic rings. The molecule has 90 valence electrons. The molecule has 1 atom stereocenters. The number of benzene rings is 1. The molecule has 3 rings (SSSR count). The van der Waals surface area contributed by atoms with Gasteiger partial charge in [-0.25, -0.2) is 4.98 Å². The van der Waals surface area contributed by atoms with Crippen LogP contribution >= 0.6 is 0 Å². The number of nitrogens with zero attached hydrogens (tertiary/aromatic N) is 2. The maximum absolute atomic E-state index is 4.79. The van der Waals surface area contributed by atoms with Gasteiger partial charge < -0.3 is 9.88 Å². The molecule has 0 bridgehead atoms. The Labute approximate surface area is 102 Å². The van der Waals surface area contributed by atoms with Crippen LogP contribution in [0.2, 0.25) is 0 Å². The average Bonchev–Trinajstić information content (AvgIpc) is 3.14. The summed E-state index contributed by atoms with van der Waals surface area (Å²) in [5.41, 5.74) is 3.69. The number of hydrogen-bond acceptors (Lipinski definition) is 2. The van der Waals surface area contributed by atoms with Gasteiger partial charge in [0.15, 0.2) is 0 Å². The van der Waals surface area contributed by atoms with Crippen LogP contribution < -0.4 is 5.32 Å². The predicted molar refractivity (Wildman–Crippen MR) is 70.2 cm³/mol. The number of imidazole rings is 1. The summed E-state index contributed by atoms with van der Waals surface area (Å²) in [5.74, 6) is 1.96. The molecule has 1 fully saturated rings. The Balaban J connectivity index is 2.10. The maximum atomic E-state index is 4.79. The van der Waals surface area contributed by atoms with Crippen LogP contribution in [0.5, 0.6) is 0 Å². The lowest BCUT2D eigenvalue weighted by molar-refractivity contribution is 0.653. The van der Waals surface area contributed by atoms with Gasteiger partial charge in [0.2, 0.25) is 0 Å². The molecular weight excluding hydrogens is 210 g/mol. The summed E-state index contributed by atoms with van der Waals surface area (Å²) in [7, 11) is 4.12. The standard InChI is InChI=1S/C14H19N3/c1-9(15-2)11-6-7-13-12(8-11)16-14(17(13)3)10-4-5-10/h6-10,15H,4-5H2,1-3H3. The van der Waals surface area contributed by atoms with Crippen LogP contribution in [0.4, 0.5) is 0 Å². The van der Waals surface area contributed by atoms with Crippen LogP contribution in [0.15, 0.2) is 18.2 Å². The third-order valence-electron chi connectivity index (χ3n) is 3.81. The molecule has 0 spiro atoms. The Morgan fingerprint density at radius 2 is 2.18 bits per heavy atom. The molecule has 1 aliphatic carbocycles. The molecule has 1 N–H and O–H groups in total. The third kappa shape index (κ3) is 1.75. The predicted octanol–water partition coefficient (Wildman–Crippen LogP) is 2.73. The first-order chi connectivity index (χ1) is 8.20. The van der Waals surface area contributed by atoms with Gasteiger partial charge in [-0.1, -0.05) is 6.07 Å². The lowest BCUT2D eigenvalue weighted by Gasteiger charge is -2.10. The Morgan fingerprint density at radius 3 is 2.82 bits per heavy atom. The van der Waals surface area contributed by atoms with Crippen LogP contribution in [-0.2, 0) is 7.05 Å². The molecule has 17 heavy (non-hydrogen) atoms. The largest absolute Gasteiger partial charge is 0.331 e. The van der Waals surface area contributed by atoms with E-state index in [4.69, 9.17) is 4.98 Å². The van der Waals surface area contributed by atoms with Crippen molar-refractivity contribution in [3.63, 3.8) is 0 Å². The van der Waals surface area contributed by atoms with E-state index in [-0.39, 0.29) is 0 Å². The molecular formula is C14H19N3. The van der Waals surface area contributed by atoms with Gasteiger partial charge in [0.1, 0.15) is 5.82 Å². The zero-order valence-corrected chi connectivity index (χ0v) is 10.7. The van der Waals surface area contributed by atoms with Crippen molar-refractivity contribution >= 4 is 11.0 Å². The van der Waals surface area contributed by atoms with Crippen molar-refractivity contribution in [3.05, 3.63) is 29.6 Å². The summed E-state index contributed by atoms with van der Waals surface area (Å²) in [6.07, 6.45) is 2.61. The lowest BCUT2D eigenvalue weighted by Crippen LogP contribution is -2.11. The smallest absolute Gasteiger partial charge is 0.112 e. The highest BCUT2D eigenvalue weighted by atomic mass is 15.1. The monoisotopic (exact) mass is 229 g/mol. The molecule has 1 aromatic carbocycles. The zero-order chi connectivity index (χ0) is 12.0. The van der Waals surface area contributed by atoms with Crippen molar-refractivity contribution in [2.45, 2.75) is 31.7 Å². The van der Waals surface area contributed by atoms with Crippen LogP contribution in [0.25, 0.3) is 11.0 Å². The molecule has 0 amide bonds. The second kappa shape index (κ2) is 3.84. The van der Waals surface area contributed by atoms with E-state index in [0.717, 1.165) is 5.52 Å². The fourth-order valence-corrected chi connectivity index (χ4v) is 2.38. The fourth-order valence-electron chi connectivity index (χ4n) is 2.38. The zero-order valence-electron chi connectivity index (χ0n) is 10.7. The molecule has 1 unspecified atom stereocenters. The molecule has 0 radical (unpaired) electrons. The van der Waals surface area contributed by atoms with Gasteiger partial charge in [-0.3, -0.25) is 0 Å². The van der Waals surface area contributed by atoms with Crippen molar-refractivity contribution in [2.75, 3.05) is 7.05 Å². The van der Waals surface area contributed by atoms with Gasteiger partial charge in [0.25, 0.3) is 0 Å². The number of hydrogen-bond donors (Lipinski definition) is 1. The van der Waals surface area contributed by atoms with E-state index < -0.39 is 0 Å². The van der Waals surface area contributed by atoms with Gasteiger partial charge >= 0.3 is 0 Å². The summed E-state index contributed by atoms with van der Waals surface area (Å²) in [5, 5.41) is 3.27. The number of nitrogens with one attached hydrogen (secondary N) is 1. The van der Waals surface area contributed by atoms with Crippen LogP contribution in [-0.4, -0.2) is 16.6 Å². The van der Waals surface area contributed by atoms with Crippen LogP contribution in [0, 0.1) is 0 Å². The summed E-state index contributed by atoms with van der Waals surface area (Å²) >= 11 is 0. The third-order valence-corrected chi connectivity index (χ3v) is 3.81. The molecule has 0 saturated heterocycles. The van der Waals surface area contributed by atoms with Crippen LogP contribution in [0.1, 0.15) is 43.1 Å². The Morgan fingerprint density at radius 1 is 1.41 bits per heavy atom. The van der Waals surface area contributed by atoms with E-state index in [1.807, 2.05) is 7.05 Å². The second-order valence-electron chi connectivity index (χ2n) is 5.06. The Bertz CT molecular complexity index is 552. The highest BCUT2D eigenvalue weighted by molar-refractivity contribution is 5.77. The van der Waals surface area contributed by atoms with Crippen molar-refractivity contribution in [2.24, 2.45) is 7.05 Å². The van der Waals surface area contributed by atoms with E-state index in [2.05, 4.69) is 42.1 Å². The molecule has 3 nitrogen and oxygen atoms in total. The van der Waals surface area contributed by atoms with E-state index >= 15 is 0 Å². The normalized spacial score (nSPS) is 17.6. The van der Waals surface area contributed by atoms with Gasteiger partial charge in [-0.15, -0.1) is 0 Å². The average molecular weight is 229 g/mol. The topological polar surface area (TPSA) is 29.9 Å². The minimum atomic E-state index is 0.380. The van der Waals surface area contributed by atoms with E-state index in [9.17, 15) is 0 Å². The number of aryl methyl sites for hydroxylation is 1. The van der Waals surface area contributed by atoms with Crippen molar-refractivity contribution in [3.8, 4) is 0 Å². The van der Waals surface area contributed by atoms with Crippen molar-refractivity contribution in [1.82, 2.24) is 14.9 Å². The Hall–Kier alpha value is -1.35. The first kappa shape index (κ1) is 10.8. The van der Waals surface area contributed by atoms with Crippen molar-refractivity contribution < 1.29 is 0 Å². The number of rotatable bonds is 3.